The van der Waals surface area contributed by atoms with Crippen LogP contribution in [0.1, 0.15) is 12.8 Å². The van der Waals surface area contributed by atoms with E-state index in [1.54, 1.807) is 0 Å². The van der Waals surface area contributed by atoms with Gasteiger partial charge in [-0.15, -0.1) is 11.4 Å². The number of nitrogens with two attached hydrogens (primary N) is 1. The third kappa shape index (κ3) is 38.5. The van der Waals surface area contributed by atoms with Crippen molar-refractivity contribution in [2.24, 2.45) is 5.73 Å². The molecule has 0 saturated heterocycles. The van der Waals surface area contributed by atoms with Crippen molar-refractivity contribution < 1.29 is 85.2 Å². The van der Waals surface area contributed by atoms with Gasteiger partial charge in [-0.1, -0.05) is 0 Å². The van der Waals surface area contributed by atoms with E-state index >= 15 is 0 Å². The fraction of sp³-hybridized carbons (Fsp3) is 0.600. The minimum absolute atomic E-state index is 0. The Morgan fingerprint density at radius 2 is 1.59 bits per heavy atom. The summed E-state index contributed by atoms with van der Waals surface area (Å²) in [7, 11) is 0. The van der Waals surface area contributed by atoms with Gasteiger partial charge in [0.1, 0.15) is 6.04 Å². The smallest absolute Gasteiger partial charge is 0.870 e. The first-order valence-corrected chi connectivity index (χ1v) is 4.24. The minimum Gasteiger partial charge on any atom is -0.870 e. The molecule has 5 N–H and O–H groups in total. The standard InChI is InChI=1S/C5H9NO4.Cu.Na.H2O3S.H2O/c6-3(5(9)10)1-2-4(7)8;;;1-4(2)3;/h3H,1-2,6H2,(H,7,8)(H,9,10);;;(H2,1,2,3);1H2/q;+2;+1;;/p-3. The van der Waals surface area contributed by atoms with Crippen LogP contribution in [0.25, 0.3) is 0 Å². The molecule has 0 saturated carbocycles. The van der Waals surface area contributed by atoms with Crippen molar-refractivity contribution in [1.82, 2.24) is 0 Å². The van der Waals surface area contributed by atoms with E-state index in [1.807, 2.05) is 0 Å². The predicted octanol–water partition coefficient (Wildman–Crippen LogP) is -4.92. The molecule has 101 valence electrons. The molecule has 0 spiro atoms. The molecule has 0 amide bonds. The Bertz CT molecular complexity index is 226. The Kier molecular flexibility index (Phi) is 33.7. The van der Waals surface area contributed by atoms with E-state index in [4.69, 9.17) is 29.3 Å². The summed E-state index contributed by atoms with van der Waals surface area (Å²) in [5.74, 6) is -2.20. The Hall–Kier alpha value is 0.449. The largest absolute Gasteiger partial charge is 2.00 e. The van der Waals surface area contributed by atoms with Crippen molar-refractivity contribution in [2.45, 2.75) is 18.9 Å². The molecule has 9 nitrogen and oxygen atoms in total. The molecule has 0 bridgehead atoms. The normalized spacial score (nSPS) is 9.41. The third-order valence-corrected chi connectivity index (χ3v) is 0.986. The van der Waals surface area contributed by atoms with Crippen LogP contribution in [-0.2, 0) is 38.0 Å². The second-order valence-electron chi connectivity index (χ2n) is 2.08. The van der Waals surface area contributed by atoms with Crippen LogP contribution in [0.3, 0.4) is 0 Å². The summed E-state index contributed by atoms with van der Waals surface area (Å²) in [4.78, 5) is 19.9. The van der Waals surface area contributed by atoms with E-state index < -0.39 is 29.3 Å². The van der Waals surface area contributed by atoms with Crippen LogP contribution >= 0.6 is 0 Å². The Labute approximate surface area is 132 Å². The minimum atomic E-state index is -3.11. The van der Waals surface area contributed by atoms with Crippen molar-refractivity contribution in [3.05, 3.63) is 0 Å². The van der Waals surface area contributed by atoms with Gasteiger partial charge in [0.15, 0.2) is 0 Å². The summed E-state index contributed by atoms with van der Waals surface area (Å²) in [5.41, 5.74) is 5.00. The molecular formula is C5H10CuNNaO8S. The van der Waals surface area contributed by atoms with Crippen molar-refractivity contribution in [1.29, 1.82) is 0 Å². The summed E-state index contributed by atoms with van der Waals surface area (Å²) < 4.78 is 25.3. The Morgan fingerprint density at radius 3 is 1.76 bits per heavy atom. The third-order valence-electron chi connectivity index (χ3n) is 0.986. The molecule has 12 heteroatoms. The summed E-state index contributed by atoms with van der Waals surface area (Å²) >= 11 is -3.11. The van der Waals surface area contributed by atoms with Gasteiger partial charge >= 0.3 is 58.6 Å². The van der Waals surface area contributed by atoms with Gasteiger partial charge in [-0.05, 0) is 6.42 Å². The molecular weight excluding hydrogens is 321 g/mol. The van der Waals surface area contributed by atoms with E-state index in [1.165, 1.54) is 0 Å². The first-order chi connectivity index (χ1) is 6.27. The molecule has 0 aromatic heterocycles. The van der Waals surface area contributed by atoms with E-state index in [0.29, 0.717) is 0 Å². The van der Waals surface area contributed by atoms with Crippen LogP contribution in [0.2, 0.25) is 0 Å². The van der Waals surface area contributed by atoms with Gasteiger partial charge in [-0.25, -0.2) is 0 Å². The SMILES string of the molecule is NC(CCC(=O)O)C(=O)O.O=S([O-])[O-].[Cu+2].[Na+].[OH-]. The fourth-order valence-electron chi connectivity index (χ4n) is 0.402. The van der Waals surface area contributed by atoms with Gasteiger partial charge in [0.2, 0.25) is 0 Å². The molecule has 0 fully saturated rings. The first kappa shape index (κ1) is 30.5. The molecule has 0 heterocycles. The number of carboxylic acid groups (broad SMARTS) is 2. The topological polar surface area (TPSA) is 194 Å². The maximum absolute atomic E-state index is 9.99. The molecule has 0 aromatic carbocycles. The van der Waals surface area contributed by atoms with E-state index in [-0.39, 0.29) is 64.9 Å². The monoisotopic (exact) mass is 330 g/mol. The van der Waals surface area contributed by atoms with Gasteiger partial charge in [-0.3, -0.25) is 13.8 Å². The van der Waals surface area contributed by atoms with Crippen LogP contribution in [0, 0.1) is 0 Å². The van der Waals surface area contributed by atoms with Crippen LogP contribution < -0.4 is 35.3 Å². The van der Waals surface area contributed by atoms with Crippen LogP contribution in [-0.4, -0.2) is 47.0 Å². The zero-order chi connectivity index (χ0) is 11.7. The number of aliphatic carboxylic acids is 2. The van der Waals surface area contributed by atoms with Crippen molar-refractivity contribution in [3.8, 4) is 0 Å². The number of hydrogen-bond acceptors (Lipinski definition) is 7. The average Bonchev–Trinajstić information content (AvgIpc) is 1.98. The summed E-state index contributed by atoms with van der Waals surface area (Å²) in [6.07, 6.45) is -0.224. The zero-order valence-corrected chi connectivity index (χ0v) is 12.4. The first-order valence-electron chi connectivity index (χ1n) is 3.24. The molecule has 1 unspecified atom stereocenters. The van der Waals surface area contributed by atoms with E-state index in [2.05, 4.69) is 0 Å². The summed E-state index contributed by atoms with van der Waals surface area (Å²) in [6, 6.07) is -1.06. The average molecular weight is 331 g/mol. The molecule has 0 aliphatic carbocycles. The van der Waals surface area contributed by atoms with Gasteiger partial charge in [0.05, 0.1) is 0 Å². The summed E-state index contributed by atoms with van der Waals surface area (Å²) in [5, 5.41) is 16.3. The second kappa shape index (κ2) is 18.8. The van der Waals surface area contributed by atoms with E-state index in [0.717, 1.165) is 0 Å². The molecule has 0 rings (SSSR count). The van der Waals surface area contributed by atoms with Crippen LogP contribution in [0.4, 0.5) is 0 Å². The molecule has 17 heavy (non-hydrogen) atoms. The number of hydrogen-bond donors (Lipinski definition) is 3. The van der Waals surface area contributed by atoms with Crippen molar-refractivity contribution in [3.63, 3.8) is 0 Å². The Balaban J connectivity index is -0.0000000607. The quantitative estimate of drug-likeness (QED) is 0.334. The van der Waals surface area contributed by atoms with Gasteiger partial charge in [-0.2, -0.15) is 0 Å². The zero-order valence-electron chi connectivity index (χ0n) is 8.66. The number of carboxylic acids is 2. The second-order valence-corrected chi connectivity index (χ2v) is 2.49. The maximum Gasteiger partial charge on any atom is 2.00 e. The molecule has 0 aromatic rings. The van der Waals surface area contributed by atoms with Crippen LogP contribution in [0.15, 0.2) is 0 Å². The fourth-order valence-corrected chi connectivity index (χ4v) is 0.402. The van der Waals surface area contributed by atoms with E-state index in [9.17, 15) is 9.59 Å². The van der Waals surface area contributed by atoms with Crippen molar-refractivity contribution >= 4 is 23.3 Å². The van der Waals surface area contributed by atoms with Gasteiger partial charge in [0.25, 0.3) is 0 Å². The number of carbonyl (C=O) groups is 2. The predicted molar refractivity (Wildman–Crippen MR) is 44.1 cm³/mol. The van der Waals surface area contributed by atoms with Gasteiger partial charge < -0.3 is 30.5 Å². The van der Waals surface area contributed by atoms with Crippen molar-refractivity contribution in [2.75, 3.05) is 0 Å². The molecule has 1 radical (unpaired) electrons. The van der Waals surface area contributed by atoms with Gasteiger partial charge in [0, 0.05) is 6.42 Å². The maximum atomic E-state index is 9.99. The van der Waals surface area contributed by atoms with Crippen LogP contribution in [0.5, 0.6) is 0 Å². The molecule has 0 aliphatic heterocycles. The number of rotatable bonds is 4. The molecule has 0 aliphatic rings. The summed E-state index contributed by atoms with van der Waals surface area (Å²) in [6.45, 7) is 0. The Morgan fingerprint density at radius 1 is 1.29 bits per heavy atom. The molecule has 1 atom stereocenters.